The maximum absolute atomic E-state index is 13.4. The van der Waals surface area contributed by atoms with E-state index < -0.39 is 6.04 Å². The number of aromatic nitrogens is 2. The van der Waals surface area contributed by atoms with Gasteiger partial charge in [0.05, 0.1) is 18.1 Å². The molecule has 0 aliphatic heterocycles. The van der Waals surface area contributed by atoms with Gasteiger partial charge in [0, 0.05) is 35.0 Å². The van der Waals surface area contributed by atoms with Gasteiger partial charge in [-0.05, 0) is 60.9 Å². The van der Waals surface area contributed by atoms with Crippen LogP contribution in [0.15, 0.2) is 60.0 Å². The number of methoxy groups -OCH3 is 1. The van der Waals surface area contributed by atoms with E-state index >= 15 is 0 Å². The van der Waals surface area contributed by atoms with Gasteiger partial charge in [-0.3, -0.25) is 9.59 Å². The van der Waals surface area contributed by atoms with Gasteiger partial charge in [-0.1, -0.05) is 52.0 Å². The van der Waals surface area contributed by atoms with Crippen LogP contribution in [-0.2, 0) is 17.8 Å². The van der Waals surface area contributed by atoms with Crippen molar-refractivity contribution in [3.8, 4) is 5.75 Å². The molecule has 0 saturated heterocycles. The van der Waals surface area contributed by atoms with Crippen LogP contribution in [0.1, 0.15) is 79.6 Å². The van der Waals surface area contributed by atoms with Crippen LogP contribution in [0.2, 0.25) is 0 Å². The summed E-state index contributed by atoms with van der Waals surface area (Å²) in [5.74, 6) is 1.45. The minimum Gasteiger partial charge on any atom is -0.496 e. The van der Waals surface area contributed by atoms with Gasteiger partial charge >= 0.3 is 0 Å². The van der Waals surface area contributed by atoms with Crippen LogP contribution in [-0.4, -0.2) is 34.5 Å². The van der Waals surface area contributed by atoms with Gasteiger partial charge in [-0.25, -0.2) is 4.98 Å². The molecule has 8 heteroatoms. The average molecular weight is 561 g/mol. The first-order chi connectivity index (χ1) is 19.3. The lowest BCUT2D eigenvalue weighted by Crippen LogP contribution is -2.47. The molecule has 0 aliphatic carbocycles. The highest BCUT2D eigenvalue weighted by Crippen LogP contribution is 2.28. The molecule has 0 bridgehead atoms. The maximum Gasteiger partial charge on any atom is 0.252 e. The predicted octanol–water partition coefficient (Wildman–Crippen LogP) is 6.52. The molecule has 212 valence electrons. The fourth-order valence-electron chi connectivity index (χ4n) is 5.14. The Kier molecular flexibility index (Phi) is 9.98. The molecule has 4 rings (SSSR count). The van der Waals surface area contributed by atoms with Crippen molar-refractivity contribution in [2.75, 3.05) is 7.11 Å². The van der Waals surface area contributed by atoms with Crippen LogP contribution in [0.5, 0.6) is 5.75 Å². The number of amides is 2. The molecule has 0 aliphatic rings. The molecule has 0 saturated carbocycles. The normalized spacial score (nSPS) is 12.2. The number of thiophene rings is 1. The number of nitrogens with zero attached hydrogens (tertiary/aromatic N) is 2. The quantitative estimate of drug-likeness (QED) is 0.195. The third-order valence-electron chi connectivity index (χ3n) is 7.22. The first-order valence-corrected chi connectivity index (χ1v) is 15.0. The van der Waals surface area contributed by atoms with Crippen molar-refractivity contribution in [3.63, 3.8) is 0 Å². The lowest BCUT2D eigenvalue weighted by atomic mass is 10.0. The molecule has 2 N–H and O–H groups in total. The van der Waals surface area contributed by atoms with E-state index in [9.17, 15) is 9.59 Å². The fraction of sp³-hybridized carbons (Fsp3) is 0.406. The van der Waals surface area contributed by atoms with Gasteiger partial charge in [0.15, 0.2) is 0 Å². The largest absolute Gasteiger partial charge is 0.496 e. The second-order valence-electron chi connectivity index (χ2n) is 10.5. The summed E-state index contributed by atoms with van der Waals surface area (Å²) < 4.78 is 7.74. The Morgan fingerprint density at radius 3 is 2.50 bits per heavy atom. The van der Waals surface area contributed by atoms with E-state index in [2.05, 4.69) is 46.6 Å². The molecule has 1 unspecified atom stereocenters. The van der Waals surface area contributed by atoms with E-state index in [1.54, 1.807) is 18.4 Å². The monoisotopic (exact) mass is 560 g/mol. The van der Waals surface area contributed by atoms with E-state index in [1.165, 1.54) is 4.88 Å². The number of para-hydroxylation sites is 1. The Hall–Kier alpha value is -3.65. The zero-order valence-electron chi connectivity index (χ0n) is 24.1. The maximum atomic E-state index is 13.4. The second-order valence-corrected chi connectivity index (χ2v) is 11.5. The molecule has 2 heterocycles. The standard InChI is InChI=1S/C32H40N4O3S/c1-6-24(7-2)36-28-15-14-22(18-26(28)34-30(36)19-25-12-10-16-40-25)31(37)35-27(17-21(3)4)32(38)33-20-23-11-8-9-13-29(23)39-5/h8-16,18,21,24,27H,6-7,17,19-20H2,1-5H3,(H,33,38)(H,35,37). The Balaban J connectivity index is 1.55. The summed E-state index contributed by atoms with van der Waals surface area (Å²) in [6.45, 7) is 8.80. The second kappa shape index (κ2) is 13.6. The van der Waals surface area contributed by atoms with E-state index in [1.807, 2.05) is 56.3 Å². The molecule has 40 heavy (non-hydrogen) atoms. The Morgan fingerprint density at radius 1 is 1.05 bits per heavy atom. The van der Waals surface area contributed by atoms with Crippen molar-refractivity contribution in [2.24, 2.45) is 5.92 Å². The molecule has 0 spiro atoms. The van der Waals surface area contributed by atoms with Crippen molar-refractivity contribution >= 4 is 34.2 Å². The lowest BCUT2D eigenvalue weighted by Gasteiger charge is -2.21. The van der Waals surface area contributed by atoms with Crippen molar-refractivity contribution in [1.82, 2.24) is 20.2 Å². The zero-order valence-corrected chi connectivity index (χ0v) is 24.9. The highest BCUT2D eigenvalue weighted by Gasteiger charge is 2.24. The molecule has 2 aromatic heterocycles. The summed E-state index contributed by atoms with van der Waals surface area (Å²) in [5.41, 5.74) is 3.21. The Bertz CT molecular complexity index is 1420. The highest BCUT2D eigenvalue weighted by atomic mass is 32.1. The number of benzene rings is 2. The number of ether oxygens (including phenoxy) is 1. The van der Waals surface area contributed by atoms with E-state index in [-0.39, 0.29) is 17.7 Å². The van der Waals surface area contributed by atoms with Gasteiger partial charge in [-0.2, -0.15) is 0 Å². The SMILES string of the molecule is CCC(CC)n1c(Cc2cccs2)nc2cc(C(=O)NC(CC(C)C)C(=O)NCc3ccccc3OC)ccc21. The van der Waals surface area contributed by atoms with E-state index in [0.717, 1.165) is 41.7 Å². The van der Waals surface area contributed by atoms with Crippen LogP contribution in [0, 0.1) is 5.92 Å². The summed E-state index contributed by atoms with van der Waals surface area (Å²) in [5, 5.41) is 8.04. The number of hydrogen-bond acceptors (Lipinski definition) is 5. The summed E-state index contributed by atoms with van der Waals surface area (Å²) in [4.78, 5) is 32.8. The van der Waals surface area contributed by atoms with Gasteiger partial charge in [-0.15, -0.1) is 11.3 Å². The predicted molar refractivity (Wildman–Crippen MR) is 162 cm³/mol. The summed E-state index contributed by atoms with van der Waals surface area (Å²) in [6.07, 6.45) is 3.29. The number of imidazole rings is 1. The van der Waals surface area contributed by atoms with Crippen LogP contribution >= 0.6 is 11.3 Å². The van der Waals surface area contributed by atoms with Gasteiger partial charge in [0.1, 0.15) is 17.6 Å². The third-order valence-corrected chi connectivity index (χ3v) is 8.10. The van der Waals surface area contributed by atoms with Crippen molar-refractivity contribution in [2.45, 2.75) is 72.0 Å². The number of hydrogen-bond donors (Lipinski definition) is 2. The van der Waals surface area contributed by atoms with Gasteiger partial charge < -0.3 is 19.9 Å². The molecule has 1 atom stereocenters. The summed E-state index contributed by atoms with van der Waals surface area (Å²) in [6, 6.07) is 17.1. The van der Waals surface area contributed by atoms with E-state index in [4.69, 9.17) is 9.72 Å². The molecule has 0 radical (unpaired) electrons. The van der Waals surface area contributed by atoms with E-state index in [0.29, 0.717) is 30.3 Å². The number of rotatable bonds is 13. The molecular weight excluding hydrogens is 520 g/mol. The topological polar surface area (TPSA) is 85.2 Å². The lowest BCUT2D eigenvalue weighted by molar-refractivity contribution is -0.123. The zero-order chi connectivity index (χ0) is 28.6. The van der Waals surface area contributed by atoms with Crippen LogP contribution in [0.4, 0.5) is 0 Å². The third kappa shape index (κ3) is 6.91. The summed E-state index contributed by atoms with van der Waals surface area (Å²) in [7, 11) is 1.61. The molecule has 0 fully saturated rings. The molecular formula is C32H40N4O3S. The molecule has 2 aromatic carbocycles. The van der Waals surface area contributed by atoms with Gasteiger partial charge in [0.25, 0.3) is 5.91 Å². The first kappa shape index (κ1) is 29.3. The Morgan fingerprint density at radius 2 is 1.82 bits per heavy atom. The Labute approximate surface area is 241 Å². The van der Waals surface area contributed by atoms with Crippen LogP contribution < -0.4 is 15.4 Å². The number of carbonyl (C=O) groups is 2. The number of fused-ring (bicyclic) bond motifs is 1. The molecule has 7 nitrogen and oxygen atoms in total. The van der Waals surface area contributed by atoms with Crippen molar-refractivity contribution < 1.29 is 14.3 Å². The summed E-state index contributed by atoms with van der Waals surface area (Å²) >= 11 is 1.73. The van der Waals surface area contributed by atoms with Crippen LogP contribution in [0.3, 0.4) is 0 Å². The molecule has 2 amide bonds. The number of carbonyl (C=O) groups excluding carboxylic acids is 2. The van der Waals surface area contributed by atoms with Crippen molar-refractivity contribution in [1.29, 1.82) is 0 Å². The fourth-order valence-corrected chi connectivity index (χ4v) is 5.85. The van der Waals surface area contributed by atoms with Gasteiger partial charge in [0.2, 0.25) is 5.91 Å². The first-order valence-electron chi connectivity index (χ1n) is 14.1. The molecule has 4 aromatic rings. The minimum atomic E-state index is -0.658. The highest BCUT2D eigenvalue weighted by molar-refractivity contribution is 7.09. The minimum absolute atomic E-state index is 0.217. The van der Waals surface area contributed by atoms with Crippen LogP contribution in [0.25, 0.3) is 11.0 Å². The van der Waals surface area contributed by atoms with Crippen molar-refractivity contribution in [3.05, 3.63) is 81.8 Å². The average Bonchev–Trinajstić information content (AvgIpc) is 3.59. The smallest absolute Gasteiger partial charge is 0.252 e. The number of nitrogens with one attached hydrogen (secondary N) is 2.